The number of amides is 1. The van der Waals surface area contributed by atoms with Crippen molar-refractivity contribution in [2.45, 2.75) is 32.8 Å². The van der Waals surface area contributed by atoms with Crippen molar-refractivity contribution in [2.75, 3.05) is 11.4 Å². The molecule has 3 aromatic rings. The smallest absolute Gasteiger partial charge is 0.414 e. The summed E-state index contributed by atoms with van der Waals surface area (Å²) in [5.41, 5.74) is 4.25. The summed E-state index contributed by atoms with van der Waals surface area (Å²) in [6.45, 7) is 6.27. The molecule has 1 aromatic carbocycles. The number of H-pyrrole nitrogens is 1. The van der Waals surface area contributed by atoms with E-state index in [1.807, 2.05) is 39.0 Å². The van der Waals surface area contributed by atoms with Gasteiger partial charge in [0.1, 0.15) is 11.3 Å². The van der Waals surface area contributed by atoms with Crippen LogP contribution in [-0.2, 0) is 11.2 Å². The lowest BCUT2D eigenvalue weighted by Gasteiger charge is -2.25. The predicted molar refractivity (Wildman–Crippen MR) is 96.6 cm³/mol. The number of rotatable bonds is 1. The lowest BCUT2D eigenvalue weighted by molar-refractivity contribution is 0.0584. The topological polar surface area (TPSA) is 71.1 Å². The molecule has 0 fully saturated rings. The maximum atomic E-state index is 12.5. The van der Waals surface area contributed by atoms with Gasteiger partial charge >= 0.3 is 6.09 Å². The molecule has 1 amide bonds. The Bertz CT molecular complexity index is 955. The Morgan fingerprint density at radius 2 is 2.12 bits per heavy atom. The molecular weight excluding hydrogens is 316 g/mol. The van der Waals surface area contributed by atoms with Crippen LogP contribution in [0.3, 0.4) is 0 Å². The van der Waals surface area contributed by atoms with Gasteiger partial charge in [-0.25, -0.2) is 4.79 Å². The number of hydrogen-bond donors (Lipinski definition) is 1. The lowest BCUT2D eigenvalue weighted by Crippen LogP contribution is -2.35. The SMILES string of the molecule is CC(C)(C)OC(=O)N1CCc2ccc(-c3n[nH]c4cnccc34)cc21. The molecule has 4 rings (SSSR count). The summed E-state index contributed by atoms with van der Waals surface area (Å²) in [4.78, 5) is 18.3. The van der Waals surface area contributed by atoms with E-state index in [4.69, 9.17) is 4.74 Å². The van der Waals surface area contributed by atoms with Gasteiger partial charge in [0.15, 0.2) is 0 Å². The average molecular weight is 336 g/mol. The summed E-state index contributed by atoms with van der Waals surface area (Å²) >= 11 is 0. The largest absolute Gasteiger partial charge is 0.443 e. The molecule has 1 N–H and O–H groups in total. The first-order valence-corrected chi connectivity index (χ1v) is 8.34. The first-order chi connectivity index (χ1) is 11.9. The summed E-state index contributed by atoms with van der Waals surface area (Å²) in [6, 6.07) is 8.07. The van der Waals surface area contributed by atoms with E-state index >= 15 is 0 Å². The fraction of sp³-hybridized carbons (Fsp3) is 0.316. The summed E-state index contributed by atoms with van der Waals surface area (Å²) in [6.07, 6.45) is 4.04. The lowest BCUT2D eigenvalue weighted by atomic mass is 10.0. The number of carbonyl (C=O) groups excluding carboxylic acids is 1. The fourth-order valence-corrected chi connectivity index (χ4v) is 3.12. The highest BCUT2D eigenvalue weighted by Crippen LogP contribution is 2.35. The molecule has 0 saturated carbocycles. The molecule has 0 bridgehead atoms. The molecule has 0 atom stereocenters. The molecule has 1 aliphatic heterocycles. The normalized spacial score (nSPS) is 14.0. The van der Waals surface area contributed by atoms with Gasteiger partial charge in [-0.3, -0.25) is 15.0 Å². The number of nitrogens with zero attached hydrogens (tertiary/aromatic N) is 3. The van der Waals surface area contributed by atoms with Gasteiger partial charge in [0.25, 0.3) is 0 Å². The fourth-order valence-electron chi connectivity index (χ4n) is 3.12. The van der Waals surface area contributed by atoms with Gasteiger partial charge < -0.3 is 4.74 Å². The van der Waals surface area contributed by atoms with Crippen LogP contribution >= 0.6 is 0 Å². The van der Waals surface area contributed by atoms with E-state index in [1.54, 1.807) is 17.3 Å². The van der Waals surface area contributed by atoms with Crippen molar-refractivity contribution < 1.29 is 9.53 Å². The molecule has 1 aliphatic rings. The van der Waals surface area contributed by atoms with E-state index < -0.39 is 5.60 Å². The number of ether oxygens (including phenoxy) is 1. The molecule has 6 nitrogen and oxygen atoms in total. The van der Waals surface area contributed by atoms with E-state index in [1.165, 1.54) is 0 Å². The minimum absolute atomic E-state index is 0.306. The number of fused-ring (bicyclic) bond motifs is 2. The molecule has 128 valence electrons. The van der Waals surface area contributed by atoms with Crippen LogP contribution in [0.4, 0.5) is 10.5 Å². The zero-order valence-electron chi connectivity index (χ0n) is 14.5. The van der Waals surface area contributed by atoms with Crippen LogP contribution in [0, 0.1) is 0 Å². The number of aromatic amines is 1. The number of carbonyl (C=O) groups is 1. The Hall–Kier alpha value is -2.89. The number of anilines is 1. The highest BCUT2D eigenvalue weighted by Gasteiger charge is 2.29. The number of pyridine rings is 1. The van der Waals surface area contributed by atoms with Crippen molar-refractivity contribution in [3.05, 3.63) is 42.2 Å². The van der Waals surface area contributed by atoms with E-state index in [-0.39, 0.29) is 6.09 Å². The first-order valence-electron chi connectivity index (χ1n) is 8.34. The van der Waals surface area contributed by atoms with Crippen LogP contribution < -0.4 is 4.90 Å². The quantitative estimate of drug-likeness (QED) is 0.731. The third kappa shape index (κ3) is 2.84. The van der Waals surface area contributed by atoms with Gasteiger partial charge in [-0.05, 0) is 44.9 Å². The van der Waals surface area contributed by atoms with E-state index in [0.29, 0.717) is 6.54 Å². The molecule has 2 aromatic heterocycles. The van der Waals surface area contributed by atoms with Crippen molar-refractivity contribution in [2.24, 2.45) is 0 Å². The van der Waals surface area contributed by atoms with E-state index in [9.17, 15) is 4.79 Å². The monoisotopic (exact) mass is 336 g/mol. The van der Waals surface area contributed by atoms with Crippen molar-refractivity contribution in [1.82, 2.24) is 15.2 Å². The number of aromatic nitrogens is 3. The Morgan fingerprint density at radius 1 is 1.28 bits per heavy atom. The predicted octanol–water partition coefficient (Wildman–Crippen LogP) is 3.92. The molecule has 3 heterocycles. The van der Waals surface area contributed by atoms with Crippen LogP contribution in [0.1, 0.15) is 26.3 Å². The molecule has 0 radical (unpaired) electrons. The van der Waals surface area contributed by atoms with Crippen molar-refractivity contribution in [3.63, 3.8) is 0 Å². The summed E-state index contributed by atoms with van der Waals surface area (Å²) < 4.78 is 5.54. The third-order valence-corrected chi connectivity index (χ3v) is 4.23. The first kappa shape index (κ1) is 15.6. The average Bonchev–Trinajstić information content (AvgIpc) is 3.16. The van der Waals surface area contributed by atoms with E-state index in [0.717, 1.165) is 39.8 Å². The second-order valence-corrected chi connectivity index (χ2v) is 7.22. The Morgan fingerprint density at radius 3 is 2.92 bits per heavy atom. The second-order valence-electron chi connectivity index (χ2n) is 7.22. The maximum Gasteiger partial charge on any atom is 0.414 e. The molecule has 0 aliphatic carbocycles. The Labute approximate surface area is 145 Å². The molecule has 0 saturated heterocycles. The minimum atomic E-state index is -0.511. The zero-order chi connectivity index (χ0) is 17.6. The van der Waals surface area contributed by atoms with Gasteiger partial charge in [0.05, 0.1) is 17.4 Å². The molecule has 25 heavy (non-hydrogen) atoms. The third-order valence-electron chi connectivity index (χ3n) is 4.23. The van der Waals surface area contributed by atoms with Crippen LogP contribution in [-0.4, -0.2) is 33.4 Å². The zero-order valence-corrected chi connectivity index (χ0v) is 14.5. The van der Waals surface area contributed by atoms with Gasteiger partial charge in [-0.15, -0.1) is 0 Å². The van der Waals surface area contributed by atoms with Crippen LogP contribution in [0.25, 0.3) is 22.2 Å². The number of hydrogen-bond acceptors (Lipinski definition) is 4. The highest BCUT2D eigenvalue weighted by atomic mass is 16.6. The minimum Gasteiger partial charge on any atom is -0.443 e. The Balaban J connectivity index is 1.72. The second kappa shape index (κ2) is 5.58. The van der Waals surface area contributed by atoms with Gasteiger partial charge in [-0.1, -0.05) is 12.1 Å². The highest BCUT2D eigenvalue weighted by molar-refractivity contribution is 5.95. The molecule has 0 unspecified atom stereocenters. The van der Waals surface area contributed by atoms with Gasteiger partial charge in [0.2, 0.25) is 0 Å². The van der Waals surface area contributed by atoms with Crippen molar-refractivity contribution in [3.8, 4) is 11.3 Å². The van der Waals surface area contributed by atoms with Crippen molar-refractivity contribution >= 4 is 22.7 Å². The maximum absolute atomic E-state index is 12.5. The summed E-state index contributed by atoms with van der Waals surface area (Å²) in [5, 5.41) is 8.43. The number of nitrogens with one attached hydrogen (secondary N) is 1. The van der Waals surface area contributed by atoms with Crippen molar-refractivity contribution in [1.29, 1.82) is 0 Å². The van der Waals surface area contributed by atoms with E-state index in [2.05, 4.69) is 21.2 Å². The van der Waals surface area contributed by atoms with Crippen LogP contribution in [0.15, 0.2) is 36.7 Å². The Kier molecular flexibility index (Phi) is 3.49. The molecular formula is C19H20N4O2. The van der Waals surface area contributed by atoms with Crippen LogP contribution in [0.5, 0.6) is 0 Å². The van der Waals surface area contributed by atoms with Crippen LogP contribution in [0.2, 0.25) is 0 Å². The molecule has 6 heteroatoms. The molecule has 0 spiro atoms. The van der Waals surface area contributed by atoms with Gasteiger partial charge in [-0.2, -0.15) is 5.10 Å². The number of benzene rings is 1. The summed E-state index contributed by atoms with van der Waals surface area (Å²) in [7, 11) is 0. The van der Waals surface area contributed by atoms with Gasteiger partial charge in [0, 0.05) is 23.7 Å². The summed E-state index contributed by atoms with van der Waals surface area (Å²) in [5.74, 6) is 0. The standard InChI is InChI=1S/C19H20N4O2/c1-19(2,3)25-18(24)23-9-7-12-4-5-13(10-16(12)23)17-14-6-8-20-11-15(14)21-22-17/h4-6,8,10-11H,7,9H2,1-3H3,(H,21,22).